The first-order valence-corrected chi connectivity index (χ1v) is 8.31. The summed E-state index contributed by atoms with van der Waals surface area (Å²) < 4.78 is 0. The molecule has 2 saturated carbocycles. The second-order valence-corrected chi connectivity index (χ2v) is 6.53. The SMILES string of the molecule is CCCN(c1cc(=O)[nH]c(C2CC2)n1)C1CCC(N)CC1. The Bertz CT molecular complexity index is 529. The zero-order valence-electron chi connectivity index (χ0n) is 12.8. The largest absolute Gasteiger partial charge is 0.353 e. The third-order valence-corrected chi connectivity index (χ3v) is 4.65. The van der Waals surface area contributed by atoms with Crippen LogP contribution in [-0.2, 0) is 0 Å². The second-order valence-electron chi connectivity index (χ2n) is 6.53. The summed E-state index contributed by atoms with van der Waals surface area (Å²) in [5.74, 6) is 2.22. The number of nitrogens with two attached hydrogens (primary N) is 1. The highest BCUT2D eigenvalue weighted by Crippen LogP contribution is 2.38. The molecule has 0 spiro atoms. The first kappa shape index (κ1) is 14.6. The van der Waals surface area contributed by atoms with Crippen LogP contribution in [0.5, 0.6) is 0 Å². The van der Waals surface area contributed by atoms with Crippen LogP contribution in [-0.4, -0.2) is 28.6 Å². The maximum atomic E-state index is 11.9. The first-order valence-electron chi connectivity index (χ1n) is 8.31. The van der Waals surface area contributed by atoms with E-state index in [9.17, 15) is 4.79 Å². The van der Waals surface area contributed by atoms with E-state index < -0.39 is 0 Å². The number of rotatable bonds is 5. The molecule has 1 heterocycles. The third kappa shape index (κ3) is 3.46. The average molecular weight is 290 g/mol. The summed E-state index contributed by atoms with van der Waals surface area (Å²) in [6, 6.07) is 2.49. The normalized spacial score (nSPS) is 25.8. The number of aromatic nitrogens is 2. The Balaban J connectivity index is 1.84. The van der Waals surface area contributed by atoms with Gasteiger partial charge < -0.3 is 15.6 Å². The topological polar surface area (TPSA) is 75.0 Å². The van der Waals surface area contributed by atoms with Crippen LogP contribution >= 0.6 is 0 Å². The zero-order chi connectivity index (χ0) is 14.8. The molecule has 2 aliphatic carbocycles. The van der Waals surface area contributed by atoms with E-state index in [-0.39, 0.29) is 5.56 Å². The van der Waals surface area contributed by atoms with Crippen LogP contribution in [0.4, 0.5) is 5.82 Å². The van der Waals surface area contributed by atoms with Crippen LogP contribution in [0.2, 0.25) is 0 Å². The van der Waals surface area contributed by atoms with E-state index in [0.29, 0.717) is 18.0 Å². The van der Waals surface area contributed by atoms with Gasteiger partial charge >= 0.3 is 0 Å². The van der Waals surface area contributed by atoms with Crippen LogP contribution in [0.3, 0.4) is 0 Å². The van der Waals surface area contributed by atoms with Gasteiger partial charge in [0.05, 0.1) is 0 Å². The lowest BCUT2D eigenvalue weighted by Crippen LogP contribution is -2.42. The molecule has 0 amide bonds. The van der Waals surface area contributed by atoms with Gasteiger partial charge in [-0.15, -0.1) is 0 Å². The number of hydrogen-bond acceptors (Lipinski definition) is 4. The van der Waals surface area contributed by atoms with Gasteiger partial charge in [0.25, 0.3) is 5.56 Å². The highest BCUT2D eigenvalue weighted by molar-refractivity contribution is 5.39. The molecule has 0 unspecified atom stereocenters. The van der Waals surface area contributed by atoms with Gasteiger partial charge in [-0.25, -0.2) is 4.98 Å². The Morgan fingerprint density at radius 3 is 2.62 bits per heavy atom. The molecule has 5 heteroatoms. The number of anilines is 1. The van der Waals surface area contributed by atoms with E-state index in [1.807, 2.05) is 0 Å². The van der Waals surface area contributed by atoms with Crippen LogP contribution < -0.4 is 16.2 Å². The van der Waals surface area contributed by atoms with Crippen molar-refractivity contribution in [2.75, 3.05) is 11.4 Å². The predicted octanol–water partition coefficient (Wildman–Crippen LogP) is 2.13. The molecule has 0 saturated heterocycles. The molecule has 0 aromatic carbocycles. The fourth-order valence-electron chi connectivity index (χ4n) is 3.30. The summed E-state index contributed by atoms with van der Waals surface area (Å²) in [4.78, 5) is 21.9. The van der Waals surface area contributed by atoms with E-state index in [2.05, 4.69) is 16.8 Å². The third-order valence-electron chi connectivity index (χ3n) is 4.65. The molecule has 3 N–H and O–H groups in total. The smallest absolute Gasteiger partial charge is 0.252 e. The molecule has 1 aromatic rings. The number of nitrogens with zero attached hydrogens (tertiary/aromatic N) is 2. The van der Waals surface area contributed by atoms with Gasteiger partial charge in [0.1, 0.15) is 11.6 Å². The molecule has 5 nitrogen and oxygen atoms in total. The minimum atomic E-state index is -0.0180. The number of aromatic amines is 1. The molecular weight excluding hydrogens is 264 g/mol. The number of H-pyrrole nitrogens is 1. The maximum absolute atomic E-state index is 11.9. The lowest BCUT2D eigenvalue weighted by atomic mass is 9.90. The van der Waals surface area contributed by atoms with Crippen molar-refractivity contribution < 1.29 is 0 Å². The Morgan fingerprint density at radius 2 is 2.00 bits per heavy atom. The summed E-state index contributed by atoms with van der Waals surface area (Å²) in [6.45, 7) is 3.14. The van der Waals surface area contributed by atoms with Crippen LogP contribution in [0.15, 0.2) is 10.9 Å². The van der Waals surface area contributed by atoms with E-state index in [1.165, 1.54) is 0 Å². The van der Waals surface area contributed by atoms with E-state index in [4.69, 9.17) is 10.7 Å². The van der Waals surface area contributed by atoms with Gasteiger partial charge in [0.2, 0.25) is 0 Å². The molecule has 0 radical (unpaired) electrons. The quantitative estimate of drug-likeness (QED) is 0.871. The summed E-state index contributed by atoms with van der Waals surface area (Å²) in [7, 11) is 0. The Kier molecular flexibility index (Phi) is 4.29. The summed E-state index contributed by atoms with van der Waals surface area (Å²) in [5, 5.41) is 0. The van der Waals surface area contributed by atoms with E-state index >= 15 is 0 Å². The molecule has 3 rings (SSSR count). The van der Waals surface area contributed by atoms with Gasteiger partial charge in [-0.3, -0.25) is 4.79 Å². The molecule has 0 atom stereocenters. The van der Waals surface area contributed by atoms with Crippen molar-refractivity contribution in [2.45, 2.75) is 69.9 Å². The fraction of sp³-hybridized carbons (Fsp3) is 0.750. The van der Waals surface area contributed by atoms with Gasteiger partial charge in [-0.2, -0.15) is 0 Å². The van der Waals surface area contributed by atoms with Crippen molar-refractivity contribution in [1.82, 2.24) is 9.97 Å². The van der Waals surface area contributed by atoms with Crippen molar-refractivity contribution in [3.63, 3.8) is 0 Å². The van der Waals surface area contributed by atoms with Crippen molar-refractivity contribution >= 4 is 5.82 Å². The highest BCUT2D eigenvalue weighted by Gasteiger charge is 2.29. The van der Waals surface area contributed by atoms with E-state index in [1.54, 1.807) is 6.07 Å². The fourth-order valence-corrected chi connectivity index (χ4v) is 3.30. The van der Waals surface area contributed by atoms with Crippen molar-refractivity contribution in [1.29, 1.82) is 0 Å². The predicted molar refractivity (Wildman–Crippen MR) is 84.7 cm³/mol. The van der Waals surface area contributed by atoms with Gasteiger partial charge in [0.15, 0.2) is 0 Å². The zero-order valence-corrected chi connectivity index (χ0v) is 12.8. The monoisotopic (exact) mass is 290 g/mol. The Hall–Kier alpha value is -1.36. The molecule has 21 heavy (non-hydrogen) atoms. The van der Waals surface area contributed by atoms with E-state index in [0.717, 1.165) is 63.1 Å². The minimum Gasteiger partial charge on any atom is -0.353 e. The second kappa shape index (κ2) is 6.18. The summed E-state index contributed by atoms with van der Waals surface area (Å²) >= 11 is 0. The molecule has 0 bridgehead atoms. The standard InChI is InChI=1S/C16H26N4O/c1-2-9-20(13-7-5-12(17)6-8-13)14-10-15(21)19-16(18-14)11-3-4-11/h10-13H,2-9,17H2,1H3,(H,18,19,21). The van der Waals surface area contributed by atoms with Crippen molar-refractivity contribution in [3.8, 4) is 0 Å². The number of hydrogen-bond donors (Lipinski definition) is 2. The lowest BCUT2D eigenvalue weighted by molar-refractivity contribution is 0.373. The summed E-state index contributed by atoms with van der Waals surface area (Å²) in [6.07, 6.45) is 7.72. The molecule has 116 valence electrons. The Morgan fingerprint density at radius 1 is 1.29 bits per heavy atom. The van der Waals surface area contributed by atoms with Crippen molar-refractivity contribution in [3.05, 3.63) is 22.2 Å². The van der Waals surface area contributed by atoms with Crippen LogP contribution in [0.25, 0.3) is 0 Å². The maximum Gasteiger partial charge on any atom is 0.252 e. The van der Waals surface area contributed by atoms with Crippen LogP contribution in [0, 0.1) is 0 Å². The molecule has 0 aliphatic heterocycles. The minimum absolute atomic E-state index is 0.0180. The lowest BCUT2D eigenvalue weighted by Gasteiger charge is -2.36. The molecule has 2 fully saturated rings. The molecule has 2 aliphatic rings. The van der Waals surface area contributed by atoms with Gasteiger partial charge in [-0.05, 0) is 44.9 Å². The molecular formula is C16H26N4O. The van der Waals surface area contributed by atoms with Gasteiger partial charge in [-0.1, -0.05) is 6.92 Å². The number of nitrogens with one attached hydrogen (secondary N) is 1. The molecule has 1 aromatic heterocycles. The average Bonchev–Trinajstić information content (AvgIpc) is 3.30. The summed E-state index contributed by atoms with van der Waals surface area (Å²) in [5.41, 5.74) is 6.00. The highest BCUT2D eigenvalue weighted by atomic mass is 16.1. The van der Waals surface area contributed by atoms with Gasteiger partial charge in [0, 0.05) is 30.6 Å². The first-order chi connectivity index (χ1) is 10.2. The Labute approximate surface area is 125 Å². The van der Waals surface area contributed by atoms with Crippen LogP contribution in [0.1, 0.15) is 63.6 Å². The van der Waals surface area contributed by atoms with Crippen molar-refractivity contribution in [2.24, 2.45) is 5.73 Å².